The third-order valence-corrected chi connectivity index (χ3v) is 3.16. The summed E-state index contributed by atoms with van der Waals surface area (Å²) >= 11 is 0. The Morgan fingerprint density at radius 3 is 2.89 bits per heavy atom. The lowest BCUT2D eigenvalue weighted by Crippen LogP contribution is -2.15. The summed E-state index contributed by atoms with van der Waals surface area (Å²) in [4.78, 5) is 15.6. The van der Waals surface area contributed by atoms with Gasteiger partial charge in [0.25, 0.3) is 0 Å². The van der Waals surface area contributed by atoms with Crippen molar-refractivity contribution in [3.8, 4) is 0 Å². The number of aromatic carboxylic acids is 1. The lowest BCUT2D eigenvalue weighted by Gasteiger charge is -2.18. The number of carboxylic acids is 1. The van der Waals surface area contributed by atoms with Crippen LogP contribution in [0.15, 0.2) is 6.07 Å². The molecule has 0 saturated heterocycles. The van der Waals surface area contributed by atoms with E-state index in [9.17, 15) is 9.90 Å². The maximum absolute atomic E-state index is 11.2. The van der Waals surface area contributed by atoms with Crippen LogP contribution in [0.3, 0.4) is 0 Å². The quantitative estimate of drug-likeness (QED) is 0.689. The fourth-order valence-corrected chi connectivity index (χ4v) is 2.22. The Labute approximate surface area is 106 Å². The van der Waals surface area contributed by atoms with E-state index in [4.69, 9.17) is 5.11 Å². The molecule has 0 fully saturated rings. The number of hydrogen-bond donors (Lipinski definition) is 3. The van der Waals surface area contributed by atoms with Crippen LogP contribution in [0.2, 0.25) is 0 Å². The normalized spacial score (nSPS) is 14.1. The number of aromatic nitrogens is 1. The van der Waals surface area contributed by atoms with Gasteiger partial charge in [0.05, 0.1) is 0 Å². The van der Waals surface area contributed by atoms with E-state index >= 15 is 0 Å². The van der Waals surface area contributed by atoms with Gasteiger partial charge in [-0.1, -0.05) is 0 Å². The van der Waals surface area contributed by atoms with Gasteiger partial charge in [0.2, 0.25) is 0 Å². The lowest BCUT2D eigenvalue weighted by atomic mass is 9.94. The Morgan fingerprint density at radius 1 is 1.39 bits per heavy atom. The SMILES string of the molecule is O=C(O)c1cc2c(nc1NCCCO)CCCC2. The summed E-state index contributed by atoms with van der Waals surface area (Å²) in [5.74, 6) is -0.529. The molecule has 1 aliphatic carbocycles. The fraction of sp³-hybridized carbons (Fsp3) is 0.538. The van der Waals surface area contributed by atoms with Gasteiger partial charge in [-0.05, 0) is 43.7 Å². The number of nitrogens with zero attached hydrogens (tertiary/aromatic N) is 1. The Bertz CT molecular complexity index is 446. The standard InChI is InChI=1S/C13H18N2O3/c16-7-3-6-14-12-10(13(17)18)8-9-4-1-2-5-11(9)15-12/h8,16H,1-7H2,(H,14,15)(H,17,18). The van der Waals surface area contributed by atoms with E-state index in [1.54, 1.807) is 6.07 Å². The second-order valence-electron chi connectivity index (χ2n) is 4.51. The van der Waals surface area contributed by atoms with Crippen molar-refractivity contribution in [2.75, 3.05) is 18.5 Å². The topological polar surface area (TPSA) is 82.5 Å². The molecule has 18 heavy (non-hydrogen) atoms. The lowest BCUT2D eigenvalue weighted by molar-refractivity contribution is 0.0697. The molecule has 3 N–H and O–H groups in total. The molecule has 0 aliphatic heterocycles. The molecule has 5 heteroatoms. The molecule has 0 atom stereocenters. The number of aryl methyl sites for hydroxylation is 2. The van der Waals surface area contributed by atoms with E-state index in [0.29, 0.717) is 18.8 Å². The first-order valence-electron chi connectivity index (χ1n) is 6.33. The minimum atomic E-state index is -0.956. The fourth-order valence-electron chi connectivity index (χ4n) is 2.22. The van der Waals surface area contributed by atoms with Gasteiger partial charge in [0, 0.05) is 18.8 Å². The van der Waals surface area contributed by atoms with Gasteiger partial charge in [0.1, 0.15) is 11.4 Å². The van der Waals surface area contributed by atoms with Crippen LogP contribution in [-0.4, -0.2) is 34.3 Å². The molecule has 5 nitrogen and oxygen atoms in total. The molecule has 0 amide bonds. The smallest absolute Gasteiger partial charge is 0.339 e. The molecule has 0 radical (unpaired) electrons. The maximum Gasteiger partial charge on any atom is 0.339 e. The van der Waals surface area contributed by atoms with Crippen LogP contribution in [0, 0.1) is 0 Å². The molecule has 0 aromatic carbocycles. The van der Waals surface area contributed by atoms with Crippen molar-refractivity contribution in [3.05, 3.63) is 22.9 Å². The van der Waals surface area contributed by atoms with Gasteiger partial charge in [-0.25, -0.2) is 9.78 Å². The third kappa shape index (κ3) is 2.79. The zero-order valence-electron chi connectivity index (χ0n) is 10.3. The van der Waals surface area contributed by atoms with Crippen LogP contribution in [0.5, 0.6) is 0 Å². The van der Waals surface area contributed by atoms with Crippen molar-refractivity contribution >= 4 is 11.8 Å². The number of hydrogen-bond acceptors (Lipinski definition) is 4. The highest BCUT2D eigenvalue weighted by Crippen LogP contribution is 2.24. The van der Waals surface area contributed by atoms with E-state index in [0.717, 1.165) is 36.9 Å². The highest BCUT2D eigenvalue weighted by atomic mass is 16.4. The third-order valence-electron chi connectivity index (χ3n) is 3.16. The van der Waals surface area contributed by atoms with Gasteiger partial charge in [-0.3, -0.25) is 0 Å². The van der Waals surface area contributed by atoms with Gasteiger partial charge in [-0.2, -0.15) is 0 Å². The highest BCUT2D eigenvalue weighted by molar-refractivity contribution is 5.93. The first-order chi connectivity index (χ1) is 8.72. The second-order valence-corrected chi connectivity index (χ2v) is 4.51. The number of pyridine rings is 1. The number of carboxylic acid groups (broad SMARTS) is 1. The molecule has 0 spiro atoms. The molecule has 1 aromatic heterocycles. The number of carbonyl (C=O) groups is 1. The average Bonchev–Trinajstić information content (AvgIpc) is 2.38. The number of fused-ring (bicyclic) bond motifs is 1. The van der Waals surface area contributed by atoms with Crippen LogP contribution < -0.4 is 5.32 Å². The number of nitrogens with one attached hydrogen (secondary N) is 1. The van der Waals surface area contributed by atoms with E-state index in [2.05, 4.69) is 10.3 Å². The van der Waals surface area contributed by atoms with Crippen molar-refractivity contribution in [1.82, 2.24) is 4.98 Å². The second kappa shape index (κ2) is 5.82. The van der Waals surface area contributed by atoms with Crippen LogP contribution in [0.4, 0.5) is 5.82 Å². The first kappa shape index (κ1) is 12.8. The molecular weight excluding hydrogens is 232 g/mol. The molecule has 0 saturated carbocycles. The molecule has 2 rings (SSSR count). The number of aliphatic hydroxyl groups is 1. The van der Waals surface area contributed by atoms with Gasteiger partial charge < -0.3 is 15.5 Å². The average molecular weight is 250 g/mol. The summed E-state index contributed by atoms with van der Waals surface area (Å²) in [6, 6.07) is 1.74. The molecular formula is C13H18N2O3. The minimum absolute atomic E-state index is 0.0837. The Balaban J connectivity index is 2.27. The minimum Gasteiger partial charge on any atom is -0.478 e. The van der Waals surface area contributed by atoms with Crippen LogP contribution in [-0.2, 0) is 12.8 Å². The molecule has 0 bridgehead atoms. The van der Waals surface area contributed by atoms with Crippen LogP contribution in [0.25, 0.3) is 0 Å². The molecule has 1 aromatic rings. The van der Waals surface area contributed by atoms with Gasteiger partial charge in [-0.15, -0.1) is 0 Å². The zero-order valence-corrected chi connectivity index (χ0v) is 10.3. The molecule has 1 heterocycles. The predicted molar refractivity (Wildman–Crippen MR) is 68.0 cm³/mol. The highest BCUT2D eigenvalue weighted by Gasteiger charge is 2.18. The molecule has 1 aliphatic rings. The monoisotopic (exact) mass is 250 g/mol. The summed E-state index contributed by atoms with van der Waals surface area (Å²) in [5.41, 5.74) is 2.30. The van der Waals surface area contributed by atoms with Gasteiger partial charge in [0.15, 0.2) is 0 Å². The van der Waals surface area contributed by atoms with Crippen molar-refractivity contribution in [2.45, 2.75) is 32.1 Å². The predicted octanol–water partition coefficient (Wildman–Crippen LogP) is 1.45. The summed E-state index contributed by atoms with van der Waals surface area (Å²) < 4.78 is 0. The van der Waals surface area contributed by atoms with Crippen molar-refractivity contribution in [2.24, 2.45) is 0 Å². The Hall–Kier alpha value is -1.62. The van der Waals surface area contributed by atoms with E-state index in [1.165, 1.54) is 0 Å². The number of rotatable bonds is 5. The van der Waals surface area contributed by atoms with E-state index in [-0.39, 0.29) is 12.2 Å². The Kier molecular flexibility index (Phi) is 4.15. The summed E-state index contributed by atoms with van der Waals surface area (Å²) in [5, 5.41) is 20.9. The molecule has 98 valence electrons. The largest absolute Gasteiger partial charge is 0.478 e. The number of anilines is 1. The van der Waals surface area contributed by atoms with Crippen molar-refractivity contribution in [1.29, 1.82) is 0 Å². The summed E-state index contributed by atoms with van der Waals surface area (Å²) in [6.45, 7) is 0.614. The van der Waals surface area contributed by atoms with Crippen molar-refractivity contribution < 1.29 is 15.0 Å². The number of aliphatic hydroxyl groups excluding tert-OH is 1. The molecule has 0 unspecified atom stereocenters. The van der Waals surface area contributed by atoms with Gasteiger partial charge >= 0.3 is 5.97 Å². The maximum atomic E-state index is 11.2. The van der Waals surface area contributed by atoms with E-state index < -0.39 is 5.97 Å². The van der Waals surface area contributed by atoms with E-state index in [1.807, 2.05) is 0 Å². The van der Waals surface area contributed by atoms with Crippen LogP contribution in [0.1, 0.15) is 40.9 Å². The first-order valence-corrected chi connectivity index (χ1v) is 6.33. The zero-order chi connectivity index (χ0) is 13.0. The Morgan fingerprint density at radius 2 is 2.17 bits per heavy atom. The van der Waals surface area contributed by atoms with Crippen LogP contribution >= 0.6 is 0 Å². The summed E-state index contributed by atoms with van der Waals surface area (Å²) in [6.07, 6.45) is 4.63. The summed E-state index contributed by atoms with van der Waals surface area (Å²) in [7, 11) is 0. The van der Waals surface area contributed by atoms with Crippen molar-refractivity contribution in [3.63, 3.8) is 0 Å².